The Morgan fingerprint density at radius 1 is 1.04 bits per heavy atom. The standard InChI is InChI=1S/C21H26N4O2/c1-13(22)20(27)25-21(9-3-2-4-10-21)18(26)16-7-5-15-12-17(19(23)24)8-6-14(15)11-16/h5-8,11-13H,2-4,9-10,22H2,1H3,(H3,23,24)(H,25,27). The first kappa shape index (κ1) is 19.0. The zero-order valence-electron chi connectivity index (χ0n) is 15.5. The van der Waals surface area contributed by atoms with Crippen molar-refractivity contribution in [3.8, 4) is 0 Å². The van der Waals surface area contributed by atoms with Crippen molar-refractivity contribution in [1.82, 2.24) is 5.32 Å². The van der Waals surface area contributed by atoms with E-state index in [1.807, 2.05) is 24.3 Å². The summed E-state index contributed by atoms with van der Waals surface area (Å²) in [4.78, 5) is 25.6. The smallest absolute Gasteiger partial charge is 0.237 e. The Bertz CT molecular complexity index is 898. The number of carbonyl (C=O) groups excluding carboxylic acids is 2. The SMILES string of the molecule is CC(N)C(=O)NC1(C(=O)c2ccc3cc(C(=N)N)ccc3c2)CCCCC1. The summed E-state index contributed by atoms with van der Waals surface area (Å²) in [6, 6.07) is 10.3. The minimum Gasteiger partial charge on any atom is -0.384 e. The van der Waals surface area contributed by atoms with E-state index in [0.29, 0.717) is 24.0 Å². The van der Waals surface area contributed by atoms with Gasteiger partial charge < -0.3 is 16.8 Å². The highest BCUT2D eigenvalue weighted by Crippen LogP contribution is 2.32. The maximum Gasteiger partial charge on any atom is 0.237 e. The number of hydrogen-bond acceptors (Lipinski definition) is 4. The van der Waals surface area contributed by atoms with E-state index >= 15 is 0 Å². The van der Waals surface area contributed by atoms with Gasteiger partial charge in [0, 0.05) is 11.1 Å². The number of nitrogens with two attached hydrogens (primary N) is 2. The predicted octanol–water partition coefficient (Wildman–Crippen LogP) is 2.47. The molecule has 6 N–H and O–H groups in total. The molecular weight excluding hydrogens is 340 g/mol. The number of Topliss-reactive ketones (excluding diaryl/α,β-unsaturated/α-hetero) is 1. The molecule has 0 radical (unpaired) electrons. The second kappa shape index (κ2) is 7.48. The Hall–Kier alpha value is -2.73. The number of ketones is 1. The van der Waals surface area contributed by atoms with Crippen LogP contribution in [0.3, 0.4) is 0 Å². The molecule has 6 nitrogen and oxygen atoms in total. The molecule has 1 saturated carbocycles. The average Bonchev–Trinajstić information content (AvgIpc) is 2.67. The Morgan fingerprint density at radius 2 is 1.59 bits per heavy atom. The fourth-order valence-electron chi connectivity index (χ4n) is 3.74. The van der Waals surface area contributed by atoms with Crippen molar-refractivity contribution >= 4 is 28.3 Å². The zero-order valence-corrected chi connectivity index (χ0v) is 15.5. The highest BCUT2D eigenvalue weighted by Gasteiger charge is 2.41. The normalized spacial score (nSPS) is 17.3. The molecule has 0 aromatic heterocycles. The molecule has 1 atom stereocenters. The number of rotatable bonds is 5. The minimum atomic E-state index is -0.879. The van der Waals surface area contributed by atoms with Crippen molar-refractivity contribution in [2.24, 2.45) is 11.5 Å². The molecule has 0 saturated heterocycles. The Kier molecular flexibility index (Phi) is 5.28. The largest absolute Gasteiger partial charge is 0.384 e. The number of amidine groups is 1. The fourth-order valence-corrected chi connectivity index (χ4v) is 3.74. The molecule has 1 amide bonds. The van der Waals surface area contributed by atoms with Gasteiger partial charge in [-0.2, -0.15) is 0 Å². The Morgan fingerprint density at radius 3 is 2.15 bits per heavy atom. The minimum absolute atomic E-state index is 0.0110. The van der Waals surface area contributed by atoms with Crippen LogP contribution in [0.15, 0.2) is 36.4 Å². The number of nitrogens with one attached hydrogen (secondary N) is 2. The second-order valence-electron chi connectivity index (χ2n) is 7.44. The number of hydrogen-bond donors (Lipinski definition) is 4. The molecule has 3 rings (SSSR count). The van der Waals surface area contributed by atoms with Gasteiger partial charge in [0.15, 0.2) is 5.78 Å². The van der Waals surface area contributed by atoms with Gasteiger partial charge in [-0.25, -0.2) is 0 Å². The summed E-state index contributed by atoms with van der Waals surface area (Å²) in [6.45, 7) is 1.62. The van der Waals surface area contributed by atoms with E-state index in [9.17, 15) is 9.59 Å². The lowest BCUT2D eigenvalue weighted by molar-refractivity contribution is -0.123. The van der Waals surface area contributed by atoms with Crippen LogP contribution in [0.5, 0.6) is 0 Å². The van der Waals surface area contributed by atoms with Crippen molar-refractivity contribution in [3.63, 3.8) is 0 Å². The van der Waals surface area contributed by atoms with Crippen LogP contribution in [-0.2, 0) is 4.79 Å². The van der Waals surface area contributed by atoms with Crippen LogP contribution >= 0.6 is 0 Å². The topological polar surface area (TPSA) is 122 Å². The van der Waals surface area contributed by atoms with E-state index in [-0.39, 0.29) is 17.5 Å². The molecule has 1 aliphatic rings. The molecule has 6 heteroatoms. The van der Waals surface area contributed by atoms with Crippen LogP contribution < -0.4 is 16.8 Å². The van der Waals surface area contributed by atoms with Gasteiger partial charge >= 0.3 is 0 Å². The Labute approximate surface area is 158 Å². The van der Waals surface area contributed by atoms with Crippen LogP contribution in [0, 0.1) is 5.41 Å². The van der Waals surface area contributed by atoms with E-state index in [0.717, 1.165) is 30.0 Å². The van der Waals surface area contributed by atoms with Crippen molar-refractivity contribution in [2.45, 2.75) is 50.6 Å². The molecule has 1 unspecified atom stereocenters. The molecule has 1 aliphatic carbocycles. The summed E-state index contributed by atoms with van der Waals surface area (Å²) in [6.07, 6.45) is 4.13. The van der Waals surface area contributed by atoms with E-state index in [4.69, 9.17) is 16.9 Å². The molecular formula is C21H26N4O2. The molecule has 2 aromatic rings. The monoisotopic (exact) mass is 366 g/mol. The van der Waals surface area contributed by atoms with Crippen LogP contribution in [-0.4, -0.2) is 29.1 Å². The van der Waals surface area contributed by atoms with E-state index < -0.39 is 11.6 Å². The van der Waals surface area contributed by atoms with Crippen LogP contribution in [0.1, 0.15) is 54.9 Å². The van der Waals surface area contributed by atoms with Gasteiger partial charge in [0.1, 0.15) is 11.4 Å². The number of nitrogen functional groups attached to an aromatic ring is 1. The third kappa shape index (κ3) is 3.85. The average molecular weight is 366 g/mol. The molecule has 0 bridgehead atoms. The number of carbonyl (C=O) groups is 2. The lowest BCUT2D eigenvalue weighted by Crippen LogP contribution is -2.58. The molecule has 0 heterocycles. The summed E-state index contributed by atoms with van der Waals surface area (Å²) in [7, 11) is 0. The lowest BCUT2D eigenvalue weighted by atomic mass is 9.76. The van der Waals surface area contributed by atoms with Crippen LogP contribution in [0.25, 0.3) is 10.8 Å². The predicted molar refractivity (Wildman–Crippen MR) is 107 cm³/mol. The van der Waals surface area contributed by atoms with Gasteiger partial charge in [-0.15, -0.1) is 0 Å². The summed E-state index contributed by atoms with van der Waals surface area (Å²) < 4.78 is 0. The molecule has 142 valence electrons. The molecule has 0 spiro atoms. The van der Waals surface area contributed by atoms with Crippen molar-refractivity contribution in [2.75, 3.05) is 0 Å². The zero-order chi connectivity index (χ0) is 19.6. The summed E-state index contributed by atoms with van der Waals surface area (Å²) in [5, 5.41) is 12.3. The van der Waals surface area contributed by atoms with E-state index in [1.54, 1.807) is 19.1 Å². The van der Waals surface area contributed by atoms with Gasteiger partial charge in [-0.1, -0.05) is 43.5 Å². The van der Waals surface area contributed by atoms with Crippen LogP contribution in [0.4, 0.5) is 0 Å². The molecule has 0 aliphatic heterocycles. The highest BCUT2D eigenvalue weighted by molar-refractivity contribution is 6.08. The van der Waals surface area contributed by atoms with Gasteiger partial charge in [-0.3, -0.25) is 15.0 Å². The maximum absolute atomic E-state index is 13.4. The second-order valence-corrected chi connectivity index (χ2v) is 7.44. The number of fused-ring (bicyclic) bond motifs is 1. The van der Waals surface area contributed by atoms with Crippen molar-refractivity contribution < 1.29 is 9.59 Å². The third-order valence-electron chi connectivity index (χ3n) is 5.33. The maximum atomic E-state index is 13.4. The first-order valence-corrected chi connectivity index (χ1v) is 9.33. The quantitative estimate of drug-likeness (QED) is 0.369. The summed E-state index contributed by atoms with van der Waals surface area (Å²) in [5.74, 6) is -0.345. The first-order chi connectivity index (χ1) is 12.8. The van der Waals surface area contributed by atoms with Crippen molar-refractivity contribution in [3.05, 3.63) is 47.5 Å². The number of benzene rings is 2. The molecule has 1 fully saturated rings. The first-order valence-electron chi connectivity index (χ1n) is 9.33. The lowest BCUT2D eigenvalue weighted by Gasteiger charge is -2.37. The Balaban J connectivity index is 1.96. The van der Waals surface area contributed by atoms with Gasteiger partial charge in [0.25, 0.3) is 0 Å². The van der Waals surface area contributed by atoms with Crippen LogP contribution in [0.2, 0.25) is 0 Å². The summed E-state index contributed by atoms with van der Waals surface area (Å²) in [5.41, 5.74) is 11.6. The van der Waals surface area contributed by atoms with Crippen molar-refractivity contribution in [1.29, 1.82) is 5.41 Å². The van der Waals surface area contributed by atoms with Gasteiger partial charge in [0.05, 0.1) is 6.04 Å². The van der Waals surface area contributed by atoms with E-state index in [2.05, 4.69) is 5.32 Å². The molecule has 27 heavy (non-hydrogen) atoms. The third-order valence-corrected chi connectivity index (χ3v) is 5.33. The summed E-state index contributed by atoms with van der Waals surface area (Å²) >= 11 is 0. The van der Waals surface area contributed by atoms with Gasteiger partial charge in [-0.05, 0) is 42.7 Å². The van der Waals surface area contributed by atoms with Gasteiger partial charge in [0.2, 0.25) is 5.91 Å². The number of amides is 1. The fraction of sp³-hybridized carbons (Fsp3) is 0.381. The highest BCUT2D eigenvalue weighted by atomic mass is 16.2. The van der Waals surface area contributed by atoms with E-state index in [1.165, 1.54) is 0 Å². The molecule has 2 aromatic carbocycles.